The third-order valence-corrected chi connectivity index (χ3v) is 4.47. The van der Waals surface area contributed by atoms with Crippen molar-refractivity contribution in [2.45, 2.75) is 74.7 Å². The first-order valence-electron chi connectivity index (χ1n) is 7.20. The van der Waals surface area contributed by atoms with Crippen LogP contribution in [-0.2, 0) is 4.74 Å². The van der Waals surface area contributed by atoms with Crippen LogP contribution in [0.5, 0.6) is 0 Å². The first-order valence-corrected chi connectivity index (χ1v) is 7.20. The van der Waals surface area contributed by atoms with Crippen LogP contribution in [0.25, 0.3) is 0 Å². The second-order valence-electron chi connectivity index (χ2n) is 7.34. The molecule has 0 saturated carbocycles. The molecule has 0 aliphatic carbocycles. The lowest BCUT2D eigenvalue weighted by Gasteiger charge is -2.53. The second kappa shape index (κ2) is 6.22. The van der Waals surface area contributed by atoms with E-state index in [2.05, 4.69) is 55.4 Å². The Balaban J connectivity index is 4.85. The summed E-state index contributed by atoms with van der Waals surface area (Å²) < 4.78 is 5.98. The van der Waals surface area contributed by atoms with Crippen LogP contribution in [0.4, 0.5) is 0 Å². The molecule has 0 spiro atoms. The molecule has 0 radical (unpaired) electrons. The monoisotopic (exact) mass is 242 g/mol. The van der Waals surface area contributed by atoms with Gasteiger partial charge in [-0.05, 0) is 23.7 Å². The third kappa shape index (κ3) is 3.98. The number of rotatable bonds is 6. The Labute approximate surface area is 109 Å². The zero-order valence-corrected chi connectivity index (χ0v) is 13.4. The summed E-state index contributed by atoms with van der Waals surface area (Å²) in [6, 6.07) is 0. The highest BCUT2D eigenvalue weighted by atomic mass is 16.5. The van der Waals surface area contributed by atoms with E-state index in [-0.39, 0.29) is 16.2 Å². The molecule has 0 aliphatic rings. The SMILES string of the molecule is CCCCOCC(CC)(C(C)(C)C)C(C)(C)C. The van der Waals surface area contributed by atoms with Gasteiger partial charge in [0, 0.05) is 12.0 Å². The lowest BCUT2D eigenvalue weighted by Crippen LogP contribution is -2.49. The van der Waals surface area contributed by atoms with Gasteiger partial charge in [-0.15, -0.1) is 0 Å². The molecule has 17 heavy (non-hydrogen) atoms. The molecule has 0 saturated heterocycles. The molecule has 1 nitrogen and oxygen atoms in total. The normalized spacial score (nSPS) is 14.1. The van der Waals surface area contributed by atoms with Crippen molar-refractivity contribution in [3.05, 3.63) is 0 Å². The average Bonchev–Trinajstić information content (AvgIpc) is 2.14. The fraction of sp³-hybridized carbons (Fsp3) is 1.00. The van der Waals surface area contributed by atoms with Gasteiger partial charge >= 0.3 is 0 Å². The van der Waals surface area contributed by atoms with Crippen molar-refractivity contribution in [2.75, 3.05) is 13.2 Å². The molecule has 0 atom stereocenters. The standard InChI is InChI=1S/C16H34O/c1-9-11-12-17-13-16(10-2,14(3,4)5)15(6,7)8/h9-13H2,1-8H3. The molecule has 0 aromatic rings. The molecule has 0 N–H and O–H groups in total. The van der Waals surface area contributed by atoms with Crippen molar-refractivity contribution in [1.29, 1.82) is 0 Å². The lowest BCUT2D eigenvalue weighted by molar-refractivity contribution is -0.102. The maximum absolute atomic E-state index is 5.98. The van der Waals surface area contributed by atoms with Crippen LogP contribution < -0.4 is 0 Å². The van der Waals surface area contributed by atoms with E-state index in [4.69, 9.17) is 4.74 Å². The molecule has 0 rings (SSSR count). The largest absolute Gasteiger partial charge is 0.381 e. The highest BCUT2D eigenvalue weighted by Gasteiger charge is 2.49. The molecule has 0 aromatic carbocycles. The fourth-order valence-corrected chi connectivity index (χ4v) is 3.21. The van der Waals surface area contributed by atoms with Gasteiger partial charge in [0.15, 0.2) is 0 Å². The van der Waals surface area contributed by atoms with Crippen molar-refractivity contribution in [2.24, 2.45) is 16.2 Å². The second-order valence-corrected chi connectivity index (χ2v) is 7.34. The smallest absolute Gasteiger partial charge is 0.0532 e. The number of unbranched alkanes of at least 4 members (excludes halogenated alkanes) is 1. The molecule has 0 aromatic heterocycles. The molecule has 0 amide bonds. The molecule has 0 bridgehead atoms. The fourth-order valence-electron chi connectivity index (χ4n) is 3.21. The average molecular weight is 242 g/mol. The van der Waals surface area contributed by atoms with E-state index in [1.165, 1.54) is 19.3 Å². The number of hydrogen-bond acceptors (Lipinski definition) is 1. The number of ether oxygens (including phenoxy) is 1. The Morgan fingerprint density at radius 2 is 1.29 bits per heavy atom. The Morgan fingerprint density at radius 1 is 0.824 bits per heavy atom. The Morgan fingerprint density at radius 3 is 1.59 bits per heavy atom. The Kier molecular flexibility index (Phi) is 6.21. The van der Waals surface area contributed by atoms with Crippen LogP contribution in [0.1, 0.15) is 74.7 Å². The molecule has 0 fully saturated rings. The Bertz CT molecular complexity index is 191. The van der Waals surface area contributed by atoms with Gasteiger partial charge in [-0.3, -0.25) is 0 Å². The van der Waals surface area contributed by atoms with Crippen LogP contribution >= 0.6 is 0 Å². The Hall–Kier alpha value is -0.0400. The molecule has 0 aliphatic heterocycles. The first-order chi connectivity index (χ1) is 7.62. The van der Waals surface area contributed by atoms with E-state index in [1.807, 2.05) is 0 Å². The molecule has 1 heteroatoms. The van der Waals surface area contributed by atoms with E-state index < -0.39 is 0 Å². The summed E-state index contributed by atoms with van der Waals surface area (Å²) in [5, 5.41) is 0. The van der Waals surface area contributed by atoms with Crippen LogP contribution in [0.3, 0.4) is 0 Å². The van der Waals surface area contributed by atoms with Crippen molar-refractivity contribution in [3.8, 4) is 0 Å². The minimum atomic E-state index is 0.244. The van der Waals surface area contributed by atoms with Gasteiger partial charge in [-0.25, -0.2) is 0 Å². The molecular weight excluding hydrogens is 208 g/mol. The zero-order valence-electron chi connectivity index (χ0n) is 13.4. The zero-order chi connectivity index (χ0) is 13.7. The summed E-state index contributed by atoms with van der Waals surface area (Å²) >= 11 is 0. The summed E-state index contributed by atoms with van der Waals surface area (Å²) in [5.74, 6) is 0. The van der Waals surface area contributed by atoms with Gasteiger partial charge in [0.2, 0.25) is 0 Å². The van der Waals surface area contributed by atoms with Crippen LogP contribution in [0, 0.1) is 16.2 Å². The van der Waals surface area contributed by atoms with Gasteiger partial charge < -0.3 is 4.74 Å². The summed E-state index contributed by atoms with van der Waals surface area (Å²) in [6.45, 7) is 20.4. The topological polar surface area (TPSA) is 9.23 Å². The lowest BCUT2D eigenvalue weighted by atomic mass is 9.53. The predicted molar refractivity (Wildman–Crippen MR) is 77.4 cm³/mol. The third-order valence-electron chi connectivity index (χ3n) is 4.47. The van der Waals surface area contributed by atoms with Crippen molar-refractivity contribution in [3.63, 3.8) is 0 Å². The van der Waals surface area contributed by atoms with Crippen LogP contribution in [0.2, 0.25) is 0 Å². The maximum Gasteiger partial charge on any atom is 0.0532 e. The highest BCUT2D eigenvalue weighted by molar-refractivity contribution is 4.97. The quantitative estimate of drug-likeness (QED) is 0.575. The molecule has 0 unspecified atom stereocenters. The summed E-state index contributed by atoms with van der Waals surface area (Å²) in [4.78, 5) is 0. The molecule has 0 heterocycles. The molecule has 104 valence electrons. The summed E-state index contributed by atoms with van der Waals surface area (Å²) in [5.41, 5.74) is 0.784. The van der Waals surface area contributed by atoms with Crippen molar-refractivity contribution in [1.82, 2.24) is 0 Å². The van der Waals surface area contributed by atoms with Crippen molar-refractivity contribution >= 4 is 0 Å². The highest BCUT2D eigenvalue weighted by Crippen LogP contribution is 2.53. The van der Waals surface area contributed by atoms with Gasteiger partial charge in [0.1, 0.15) is 0 Å². The molecular formula is C16H34O. The minimum absolute atomic E-state index is 0.244. The van der Waals surface area contributed by atoms with Gasteiger partial charge in [-0.2, -0.15) is 0 Å². The van der Waals surface area contributed by atoms with Crippen LogP contribution in [-0.4, -0.2) is 13.2 Å². The van der Waals surface area contributed by atoms with E-state index >= 15 is 0 Å². The van der Waals surface area contributed by atoms with Gasteiger partial charge in [0.25, 0.3) is 0 Å². The van der Waals surface area contributed by atoms with Crippen LogP contribution in [0.15, 0.2) is 0 Å². The predicted octanol–water partition coefficient (Wildman–Crippen LogP) is 5.29. The van der Waals surface area contributed by atoms with Crippen molar-refractivity contribution < 1.29 is 4.74 Å². The van der Waals surface area contributed by atoms with Gasteiger partial charge in [0.05, 0.1) is 6.61 Å². The summed E-state index contributed by atoms with van der Waals surface area (Å²) in [7, 11) is 0. The summed E-state index contributed by atoms with van der Waals surface area (Å²) in [6.07, 6.45) is 3.56. The van der Waals surface area contributed by atoms with E-state index in [1.54, 1.807) is 0 Å². The van der Waals surface area contributed by atoms with Gasteiger partial charge in [-0.1, -0.05) is 61.8 Å². The van der Waals surface area contributed by atoms with E-state index in [0.717, 1.165) is 13.2 Å². The first kappa shape index (κ1) is 17.0. The van der Waals surface area contributed by atoms with E-state index in [9.17, 15) is 0 Å². The minimum Gasteiger partial charge on any atom is -0.381 e. The number of hydrogen-bond donors (Lipinski definition) is 0. The van der Waals surface area contributed by atoms with E-state index in [0.29, 0.717) is 0 Å². The maximum atomic E-state index is 5.98.